The molecule has 2 rings (SSSR count). The Balaban J connectivity index is 2.01. The van der Waals surface area contributed by atoms with Crippen molar-refractivity contribution in [1.29, 1.82) is 0 Å². The summed E-state index contributed by atoms with van der Waals surface area (Å²) >= 11 is 0. The van der Waals surface area contributed by atoms with E-state index in [9.17, 15) is 9.59 Å². The monoisotopic (exact) mass is 289 g/mol. The summed E-state index contributed by atoms with van der Waals surface area (Å²) in [4.78, 5) is 23.4. The van der Waals surface area contributed by atoms with Crippen LogP contribution < -0.4 is 5.32 Å². The number of carbonyl (C=O) groups excluding carboxylic acids is 1. The van der Waals surface area contributed by atoms with E-state index in [1.54, 1.807) is 0 Å². The summed E-state index contributed by atoms with van der Waals surface area (Å²) in [6, 6.07) is 9.89. The lowest BCUT2D eigenvalue weighted by atomic mass is 9.94. The summed E-state index contributed by atoms with van der Waals surface area (Å²) in [6.07, 6.45) is 1.73. The lowest BCUT2D eigenvalue weighted by Gasteiger charge is -2.24. The number of hydrogen-bond acceptors (Lipinski definition) is 2. The number of aliphatic carboxylic acids is 1. The molecule has 3 atom stereocenters. The van der Waals surface area contributed by atoms with Crippen LogP contribution in [0, 0.1) is 17.8 Å². The van der Waals surface area contributed by atoms with Crippen molar-refractivity contribution in [3.8, 4) is 0 Å². The van der Waals surface area contributed by atoms with Crippen molar-refractivity contribution in [2.45, 2.75) is 39.2 Å². The second kappa shape index (κ2) is 6.74. The Bertz CT molecular complexity index is 498. The van der Waals surface area contributed by atoms with Gasteiger partial charge in [0.25, 0.3) is 0 Å². The molecule has 0 heterocycles. The number of nitrogens with one attached hydrogen (secondary N) is 1. The highest BCUT2D eigenvalue weighted by molar-refractivity contribution is 5.81. The topological polar surface area (TPSA) is 66.4 Å². The molecule has 1 amide bonds. The fourth-order valence-electron chi connectivity index (χ4n) is 3.01. The van der Waals surface area contributed by atoms with Gasteiger partial charge in [0.1, 0.15) is 0 Å². The smallest absolute Gasteiger partial charge is 0.306 e. The number of amides is 1. The van der Waals surface area contributed by atoms with Gasteiger partial charge in [-0.05, 0) is 30.7 Å². The second-order valence-corrected chi connectivity index (χ2v) is 6.19. The maximum atomic E-state index is 12.4. The highest BCUT2D eigenvalue weighted by Gasteiger charge is 2.34. The first-order chi connectivity index (χ1) is 9.99. The number of carbonyl (C=O) groups is 2. The zero-order chi connectivity index (χ0) is 15.4. The van der Waals surface area contributed by atoms with Gasteiger partial charge in [-0.2, -0.15) is 0 Å². The van der Waals surface area contributed by atoms with Gasteiger partial charge in [0.15, 0.2) is 0 Å². The van der Waals surface area contributed by atoms with E-state index < -0.39 is 5.97 Å². The van der Waals surface area contributed by atoms with E-state index in [0.717, 1.165) is 5.56 Å². The van der Waals surface area contributed by atoms with Crippen LogP contribution in [0.3, 0.4) is 0 Å². The van der Waals surface area contributed by atoms with Crippen LogP contribution in [-0.4, -0.2) is 17.0 Å². The van der Waals surface area contributed by atoms with Crippen molar-refractivity contribution < 1.29 is 14.7 Å². The number of hydrogen-bond donors (Lipinski definition) is 2. The van der Waals surface area contributed by atoms with Crippen molar-refractivity contribution in [3.63, 3.8) is 0 Å². The Hall–Kier alpha value is -1.84. The highest BCUT2D eigenvalue weighted by Crippen LogP contribution is 2.32. The maximum absolute atomic E-state index is 12.4. The van der Waals surface area contributed by atoms with E-state index >= 15 is 0 Å². The van der Waals surface area contributed by atoms with Gasteiger partial charge in [-0.1, -0.05) is 44.2 Å². The van der Waals surface area contributed by atoms with Gasteiger partial charge in [-0.3, -0.25) is 9.59 Å². The third kappa shape index (κ3) is 3.84. The molecule has 2 N–H and O–H groups in total. The van der Waals surface area contributed by atoms with Crippen LogP contribution in [0.1, 0.15) is 44.7 Å². The van der Waals surface area contributed by atoms with Gasteiger partial charge < -0.3 is 10.4 Å². The molecule has 1 unspecified atom stereocenters. The minimum Gasteiger partial charge on any atom is -0.481 e. The van der Waals surface area contributed by atoms with Gasteiger partial charge in [0.05, 0.1) is 12.0 Å². The molecule has 114 valence electrons. The van der Waals surface area contributed by atoms with Gasteiger partial charge in [-0.15, -0.1) is 0 Å². The first-order valence-corrected chi connectivity index (χ1v) is 7.57. The third-order valence-electron chi connectivity index (χ3n) is 4.28. The van der Waals surface area contributed by atoms with Crippen LogP contribution in [0.2, 0.25) is 0 Å². The first kappa shape index (κ1) is 15.5. The Morgan fingerprint density at radius 1 is 1.14 bits per heavy atom. The van der Waals surface area contributed by atoms with Crippen molar-refractivity contribution in [2.24, 2.45) is 17.8 Å². The largest absolute Gasteiger partial charge is 0.481 e. The Labute approximate surface area is 125 Å². The van der Waals surface area contributed by atoms with Gasteiger partial charge >= 0.3 is 5.97 Å². The molecule has 0 bridgehead atoms. The average Bonchev–Trinajstić information content (AvgIpc) is 2.95. The van der Waals surface area contributed by atoms with Gasteiger partial charge in [0, 0.05) is 5.92 Å². The van der Waals surface area contributed by atoms with E-state index in [0.29, 0.717) is 19.3 Å². The Kier molecular flexibility index (Phi) is 4.99. The minimum atomic E-state index is -0.784. The van der Waals surface area contributed by atoms with Crippen LogP contribution in [0.4, 0.5) is 0 Å². The quantitative estimate of drug-likeness (QED) is 0.875. The molecule has 1 saturated carbocycles. The number of carboxylic acids is 1. The molecule has 0 saturated heterocycles. The van der Waals surface area contributed by atoms with Crippen molar-refractivity contribution >= 4 is 11.9 Å². The van der Waals surface area contributed by atoms with Crippen molar-refractivity contribution in [3.05, 3.63) is 35.9 Å². The van der Waals surface area contributed by atoms with Crippen LogP contribution >= 0.6 is 0 Å². The molecule has 0 aliphatic heterocycles. The molecule has 0 radical (unpaired) electrons. The molecular weight excluding hydrogens is 266 g/mol. The van der Waals surface area contributed by atoms with Crippen LogP contribution in [-0.2, 0) is 9.59 Å². The number of rotatable bonds is 5. The SMILES string of the molecule is CC(C)C(NC(=O)[C@@H]1CC[C@H](C(=O)O)C1)c1ccccc1. The summed E-state index contributed by atoms with van der Waals surface area (Å²) in [5, 5.41) is 12.1. The standard InChI is InChI=1S/C17H23NO3/c1-11(2)15(12-6-4-3-5-7-12)18-16(19)13-8-9-14(10-13)17(20)21/h3-7,11,13-15H,8-10H2,1-2H3,(H,18,19)(H,20,21)/t13-,14+,15?/m1/s1. The predicted octanol–water partition coefficient (Wildman–Crippen LogP) is 3.00. The van der Waals surface area contributed by atoms with E-state index in [-0.39, 0.29) is 29.7 Å². The molecule has 1 aliphatic carbocycles. The molecule has 1 aliphatic rings. The summed E-state index contributed by atoms with van der Waals surface area (Å²) in [5.74, 6) is -1.05. The van der Waals surface area contributed by atoms with Crippen LogP contribution in [0.15, 0.2) is 30.3 Å². The summed E-state index contributed by atoms with van der Waals surface area (Å²) in [7, 11) is 0. The molecule has 1 fully saturated rings. The minimum absolute atomic E-state index is 0.0127. The number of benzene rings is 1. The van der Waals surface area contributed by atoms with Gasteiger partial charge in [0.2, 0.25) is 5.91 Å². The average molecular weight is 289 g/mol. The zero-order valence-electron chi connectivity index (χ0n) is 12.6. The Morgan fingerprint density at radius 3 is 2.29 bits per heavy atom. The molecule has 21 heavy (non-hydrogen) atoms. The maximum Gasteiger partial charge on any atom is 0.306 e. The fourth-order valence-corrected chi connectivity index (χ4v) is 3.01. The normalized spacial score (nSPS) is 23.0. The lowest BCUT2D eigenvalue weighted by Crippen LogP contribution is -2.35. The first-order valence-electron chi connectivity index (χ1n) is 7.57. The fraction of sp³-hybridized carbons (Fsp3) is 0.529. The third-order valence-corrected chi connectivity index (χ3v) is 4.28. The summed E-state index contributed by atoms with van der Waals surface area (Å²) in [6.45, 7) is 4.15. The molecule has 1 aromatic rings. The number of carboxylic acid groups (broad SMARTS) is 1. The van der Waals surface area contributed by atoms with Crippen LogP contribution in [0.25, 0.3) is 0 Å². The molecule has 1 aromatic carbocycles. The van der Waals surface area contributed by atoms with Gasteiger partial charge in [-0.25, -0.2) is 0 Å². The summed E-state index contributed by atoms with van der Waals surface area (Å²) in [5.41, 5.74) is 1.09. The van der Waals surface area contributed by atoms with Crippen molar-refractivity contribution in [2.75, 3.05) is 0 Å². The molecule has 4 nitrogen and oxygen atoms in total. The summed E-state index contributed by atoms with van der Waals surface area (Å²) < 4.78 is 0. The second-order valence-electron chi connectivity index (χ2n) is 6.19. The Morgan fingerprint density at radius 2 is 1.76 bits per heavy atom. The van der Waals surface area contributed by atoms with Crippen LogP contribution in [0.5, 0.6) is 0 Å². The van der Waals surface area contributed by atoms with Crippen molar-refractivity contribution in [1.82, 2.24) is 5.32 Å². The predicted molar refractivity (Wildman–Crippen MR) is 80.6 cm³/mol. The van der Waals surface area contributed by atoms with E-state index in [1.807, 2.05) is 30.3 Å². The molecular formula is C17H23NO3. The molecule has 4 heteroatoms. The van der Waals surface area contributed by atoms with E-state index in [2.05, 4.69) is 19.2 Å². The van der Waals surface area contributed by atoms with E-state index in [1.165, 1.54) is 0 Å². The van der Waals surface area contributed by atoms with E-state index in [4.69, 9.17) is 5.11 Å². The zero-order valence-corrected chi connectivity index (χ0v) is 12.6. The highest BCUT2D eigenvalue weighted by atomic mass is 16.4. The molecule has 0 spiro atoms. The molecule has 0 aromatic heterocycles. The lowest BCUT2D eigenvalue weighted by molar-refractivity contribution is -0.141.